The molecule has 2 aliphatic heterocycles. The van der Waals surface area contributed by atoms with E-state index in [0.717, 1.165) is 0 Å². The van der Waals surface area contributed by atoms with Crippen molar-refractivity contribution in [3.8, 4) is 11.1 Å². The first-order valence-corrected chi connectivity index (χ1v) is 19.1. The van der Waals surface area contributed by atoms with Crippen LogP contribution in [0.2, 0.25) is 0 Å². The molecular weight excluding hydrogens is 639 g/mol. The van der Waals surface area contributed by atoms with Gasteiger partial charge < -0.3 is 9.80 Å². The molecule has 0 unspecified atom stereocenters. The lowest BCUT2D eigenvalue weighted by atomic mass is 9.33. The topological polar surface area (TPSA) is 6.48 Å². The van der Waals surface area contributed by atoms with Crippen molar-refractivity contribution < 1.29 is 0 Å². The zero-order chi connectivity index (χ0) is 36.8. The molecule has 2 heterocycles. The summed E-state index contributed by atoms with van der Waals surface area (Å²) in [5.74, 6) is 0. The first kappa shape index (κ1) is 33.3. The Balaban J connectivity index is 1.33. The molecule has 3 heteroatoms. The fourth-order valence-corrected chi connectivity index (χ4v) is 8.62. The number of hydrogen-bond donors (Lipinski definition) is 0. The summed E-state index contributed by atoms with van der Waals surface area (Å²) >= 11 is 0. The van der Waals surface area contributed by atoms with Gasteiger partial charge in [0.1, 0.15) is 0 Å². The van der Waals surface area contributed by atoms with Crippen LogP contribution >= 0.6 is 0 Å². The average molecular weight is 687 g/mol. The fraction of sp³-hybridized carbons (Fsp3) is 0.200. The summed E-state index contributed by atoms with van der Waals surface area (Å²) in [6, 6.07) is 53.1. The Morgan fingerprint density at radius 2 is 1.00 bits per heavy atom. The SMILES string of the molecule is Cc1ccc2c(c1)B1c3cc(C)ccc3N(c3ccc(C(C)(C)C)cc3-c3ccc4ccccc4c3)c3cccc(c31)N2c1ccc(C(C)(C)C)cc1. The van der Waals surface area contributed by atoms with E-state index >= 15 is 0 Å². The second kappa shape index (κ2) is 12.0. The van der Waals surface area contributed by atoms with E-state index in [0.29, 0.717) is 0 Å². The summed E-state index contributed by atoms with van der Waals surface area (Å²) in [4.78, 5) is 5.06. The molecular formula is C50H47BN2. The summed E-state index contributed by atoms with van der Waals surface area (Å²) in [6.45, 7) is 18.3. The zero-order valence-corrected chi connectivity index (χ0v) is 32.3. The first-order chi connectivity index (χ1) is 25.4. The summed E-state index contributed by atoms with van der Waals surface area (Å²) < 4.78 is 0. The van der Waals surface area contributed by atoms with Crippen LogP contribution in [0.1, 0.15) is 63.8 Å². The third kappa shape index (κ3) is 5.48. The second-order valence-electron chi connectivity index (χ2n) is 17.3. The molecule has 2 aliphatic rings. The standard InChI is InChI=1S/C50H47BN2/c1-32-16-25-44-41(28-32)51-42-29-33(2)17-26-45(42)53(47-15-11-14-46(48(47)51)52(44)39-23-20-37(21-24-39)49(3,4)5)43-27-22-38(50(6,7)8)31-40(43)36-19-18-34-12-9-10-13-35(34)30-36/h9-31H,1-8H3. The molecule has 0 saturated heterocycles. The molecule has 0 spiro atoms. The van der Waals surface area contributed by atoms with Gasteiger partial charge in [-0.15, -0.1) is 0 Å². The average Bonchev–Trinajstić information content (AvgIpc) is 3.14. The molecule has 0 saturated carbocycles. The highest BCUT2D eigenvalue weighted by molar-refractivity contribution is 7.00. The van der Waals surface area contributed by atoms with Crippen LogP contribution in [0.5, 0.6) is 0 Å². The number of fused-ring (bicyclic) bond motifs is 5. The van der Waals surface area contributed by atoms with Crippen LogP contribution in [0.25, 0.3) is 21.9 Å². The predicted molar refractivity (Wildman–Crippen MR) is 230 cm³/mol. The van der Waals surface area contributed by atoms with E-state index in [-0.39, 0.29) is 17.5 Å². The molecule has 7 aromatic rings. The van der Waals surface area contributed by atoms with Crippen molar-refractivity contribution in [1.82, 2.24) is 0 Å². The van der Waals surface area contributed by atoms with Crippen molar-refractivity contribution in [3.63, 3.8) is 0 Å². The van der Waals surface area contributed by atoms with Gasteiger partial charge in [-0.25, -0.2) is 0 Å². The van der Waals surface area contributed by atoms with Crippen molar-refractivity contribution in [2.75, 3.05) is 9.80 Å². The van der Waals surface area contributed by atoms with Crippen molar-refractivity contribution in [2.45, 2.75) is 66.2 Å². The first-order valence-electron chi connectivity index (χ1n) is 19.1. The number of nitrogens with zero attached hydrogens (tertiary/aromatic N) is 2. The molecule has 0 bridgehead atoms. The summed E-state index contributed by atoms with van der Waals surface area (Å²) in [5.41, 5.74) is 19.2. The van der Waals surface area contributed by atoms with E-state index in [1.54, 1.807) is 0 Å². The van der Waals surface area contributed by atoms with Crippen LogP contribution in [-0.4, -0.2) is 6.71 Å². The van der Waals surface area contributed by atoms with E-state index < -0.39 is 0 Å². The van der Waals surface area contributed by atoms with Crippen LogP contribution in [0, 0.1) is 13.8 Å². The number of rotatable bonds is 3. The highest BCUT2D eigenvalue weighted by atomic mass is 15.2. The van der Waals surface area contributed by atoms with Crippen LogP contribution < -0.4 is 26.2 Å². The molecule has 0 N–H and O–H groups in total. The zero-order valence-electron chi connectivity index (χ0n) is 32.3. The van der Waals surface area contributed by atoms with Crippen LogP contribution in [0.3, 0.4) is 0 Å². The summed E-state index contributed by atoms with van der Waals surface area (Å²) in [5, 5.41) is 2.51. The molecule has 0 radical (unpaired) electrons. The third-order valence-electron chi connectivity index (χ3n) is 11.5. The molecule has 0 atom stereocenters. The smallest absolute Gasteiger partial charge is 0.252 e. The maximum atomic E-state index is 2.56. The van der Waals surface area contributed by atoms with Crippen LogP contribution in [0.15, 0.2) is 140 Å². The Bertz CT molecular complexity index is 2570. The minimum absolute atomic E-state index is 0.00264. The van der Waals surface area contributed by atoms with E-state index in [9.17, 15) is 0 Å². The van der Waals surface area contributed by atoms with Gasteiger partial charge in [-0.1, -0.05) is 138 Å². The molecule has 2 nitrogen and oxygen atoms in total. The minimum Gasteiger partial charge on any atom is -0.311 e. The maximum Gasteiger partial charge on any atom is 0.252 e. The van der Waals surface area contributed by atoms with Gasteiger partial charge in [-0.2, -0.15) is 0 Å². The van der Waals surface area contributed by atoms with E-state index in [4.69, 9.17) is 0 Å². The minimum atomic E-state index is 0.00264. The lowest BCUT2D eigenvalue weighted by molar-refractivity contribution is 0.590. The Kier molecular flexibility index (Phi) is 7.54. The van der Waals surface area contributed by atoms with E-state index in [1.807, 2.05) is 0 Å². The highest BCUT2D eigenvalue weighted by Crippen LogP contribution is 2.47. The normalized spacial score (nSPS) is 13.5. The maximum absolute atomic E-state index is 2.56. The number of anilines is 6. The molecule has 7 aromatic carbocycles. The van der Waals surface area contributed by atoms with E-state index in [1.165, 1.54) is 94.7 Å². The molecule has 0 fully saturated rings. The highest BCUT2D eigenvalue weighted by Gasteiger charge is 2.43. The fourth-order valence-electron chi connectivity index (χ4n) is 8.62. The quantitative estimate of drug-likeness (QED) is 0.171. The monoisotopic (exact) mass is 686 g/mol. The molecule has 0 aliphatic carbocycles. The van der Waals surface area contributed by atoms with Crippen molar-refractivity contribution in [3.05, 3.63) is 162 Å². The Hall–Kier alpha value is -5.54. The number of aryl methyl sites for hydroxylation is 2. The molecule has 53 heavy (non-hydrogen) atoms. The third-order valence-corrected chi connectivity index (χ3v) is 11.5. The predicted octanol–water partition coefficient (Wildman–Crippen LogP) is 11.8. The summed E-state index contributed by atoms with van der Waals surface area (Å²) in [6.07, 6.45) is 0. The van der Waals surface area contributed by atoms with Crippen LogP contribution in [0.4, 0.5) is 34.1 Å². The molecule has 260 valence electrons. The lowest BCUT2D eigenvalue weighted by Crippen LogP contribution is -2.61. The van der Waals surface area contributed by atoms with Gasteiger partial charge in [0.05, 0.1) is 5.69 Å². The Morgan fingerprint density at radius 1 is 0.434 bits per heavy atom. The number of benzene rings is 7. The molecule has 0 aromatic heterocycles. The van der Waals surface area contributed by atoms with Crippen molar-refractivity contribution >= 4 is 68.0 Å². The van der Waals surface area contributed by atoms with Crippen molar-refractivity contribution in [2.24, 2.45) is 0 Å². The largest absolute Gasteiger partial charge is 0.311 e. The van der Waals surface area contributed by atoms with Crippen molar-refractivity contribution in [1.29, 1.82) is 0 Å². The van der Waals surface area contributed by atoms with Gasteiger partial charge in [-0.3, -0.25) is 0 Å². The van der Waals surface area contributed by atoms with Gasteiger partial charge in [0.2, 0.25) is 0 Å². The van der Waals surface area contributed by atoms with E-state index in [2.05, 4.69) is 205 Å². The van der Waals surface area contributed by atoms with Crippen LogP contribution in [-0.2, 0) is 10.8 Å². The Labute approximate surface area is 315 Å². The lowest BCUT2D eigenvalue weighted by Gasteiger charge is -2.44. The van der Waals surface area contributed by atoms with Gasteiger partial charge in [0, 0.05) is 34.0 Å². The van der Waals surface area contributed by atoms with Gasteiger partial charge in [-0.05, 0) is 123 Å². The van der Waals surface area contributed by atoms with Gasteiger partial charge in [0.25, 0.3) is 6.71 Å². The Morgan fingerprint density at radius 3 is 1.64 bits per heavy atom. The number of hydrogen-bond acceptors (Lipinski definition) is 2. The molecule has 9 rings (SSSR count). The molecule has 0 amide bonds. The second-order valence-corrected chi connectivity index (χ2v) is 17.3. The van der Waals surface area contributed by atoms with Gasteiger partial charge in [0.15, 0.2) is 0 Å². The summed E-state index contributed by atoms with van der Waals surface area (Å²) in [7, 11) is 0. The van der Waals surface area contributed by atoms with Gasteiger partial charge >= 0.3 is 0 Å².